The highest BCUT2D eigenvalue weighted by Crippen LogP contribution is 2.10. The fourth-order valence-corrected chi connectivity index (χ4v) is 1.66. The number of carbonyl (C=O) groups excluding carboxylic acids is 1. The van der Waals surface area contributed by atoms with Gasteiger partial charge >= 0.3 is 6.09 Å². The van der Waals surface area contributed by atoms with E-state index in [2.05, 4.69) is 0 Å². The summed E-state index contributed by atoms with van der Waals surface area (Å²) in [5.74, 6) is -0.343. The Labute approximate surface area is 87.9 Å². The number of aliphatic hydroxyl groups is 1. The molecule has 0 saturated carbocycles. The Balaban J connectivity index is 2.61. The van der Waals surface area contributed by atoms with Gasteiger partial charge in [-0.25, -0.2) is 4.79 Å². The van der Waals surface area contributed by atoms with Crippen LogP contribution >= 0.6 is 0 Å². The molecule has 2 atom stereocenters. The maximum atomic E-state index is 11.8. The molecule has 2 amide bonds. The van der Waals surface area contributed by atoms with Crippen molar-refractivity contribution < 1.29 is 19.8 Å². The molecule has 15 heavy (non-hydrogen) atoms. The van der Waals surface area contributed by atoms with Gasteiger partial charge in [-0.1, -0.05) is 0 Å². The van der Waals surface area contributed by atoms with E-state index in [1.807, 2.05) is 5.32 Å². The lowest BCUT2D eigenvalue weighted by molar-refractivity contribution is -0.134. The molecule has 86 valence electrons. The summed E-state index contributed by atoms with van der Waals surface area (Å²) in [5.41, 5.74) is 0. The van der Waals surface area contributed by atoms with E-state index in [0.29, 0.717) is 13.1 Å². The maximum Gasteiger partial charge on any atom is 0.405 e. The molecule has 6 nitrogen and oxygen atoms in total. The number of carboxylic acid groups (broad SMARTS) is 1. The van der Waals surface area contributed by atoms with Gasteiger partial charge in [-0.2, -0.15) is 0 Å². The molecule has 1 aliphatic heterocycles. The second-order valence-corrected chi connectivity index (χ2v) is 3.70. The van der Waals surface area contributed by atoms with Crippen molar-refractivity contribution in [2.75, 3.05) is 13.1 Å². The van der Waals surface area contributed by atoms with Crippen LogP contribution in [0.3, 0.4) is 0 Å². The lowest BCUT2D eigenvalue weighted by Gasteiger charge is -2.24. The van der Waals surface area contributed by atoms with Crippen molar-refractivity contribution in [2.24, 2.45) is 0 Å². The van der Waals surface area contributed by atoms with Crippen LogP contribution in [0.15, 0.2) is 0 Å². The maximum absolute atomic E-state index is 11.8. The van der Waals surface area contributed by atoms with Gasteiger partial charge in [-0.15, -0.1) is 0 Å². The summed E-state index contributed by atoms with van der Waals surface area (Å²) < 4.78 is 0. The fourth-order valence-electron chi connectivity index (χ4n) is 1.66. The summed E-state index contributed by atoms with van der Waals surface area (Å²) in [6, 6.07) is -1.06. The van der Waals surface area contributed by atoms with Crippen LogP contribution in [0.5, 0.6) is 0 Å². The van der Waals surface area contributed by atoms with Crippen LogP contribution < -0.4 is 5.32 Å². The number of hydrogen-bond acceptors (Lipinski definition) is 3. The van der Waals surface area contributed by atoms with Crippen molar-refractivity contribution in [1.29, 1.82) is 0 Å². The SMILES string of the molecule is C[C@@H](O)[C@H](NC(=O)O)C(=O)N1CCCC1. The molecule has 0 unspecified atom stereocenters. The van der Waals surface area contributed by atoms with Crippen molar-refractivity contribution in [3.8, 4) is 0 Å². The van der Waals surface area contributed by atoms with E-state index in [-0.39, 0.29) is 5.91 Å². The fraction of sp³-hybridized carbons (Fsp3) is 0.778. The van der Waals surface area contributed by atoms with Crippen molar-refractivity contribution in [3.63, 3.8) is 0 Å². The second kappa shape index (κ2) is 4.97. The molecule has 1 aliphatic rings. The Morgan fingerprint density at radius 1 is 1.33 bits per heavy atom. The second-order valence-electron chi connectivity index (χ2n) is 3.70. The van der Waals surface area contributed by atoms with Crippen LogP contribution in [0.2, 0.25) is 0 Å². The topological polar surface area (TPSA) is 89.9 Å². The van der Waals surface area contributed by atoms with Gasteiger partial charge in [0, 0.05) is 13.1 Å². The number of nitrogens with zero attached hydrogens (tertiary/aromatic N) is 1. The monoisotopic (exact) mass is 216 g/mol. The standard InChI is InChI=1S/C9H16N2O4/c1-6(12)7(10-9(14)15)8(13)11-4-2-3-5-11/h6-7,10,12H,2-5H2,1H3,(H,14,15)/t6-,7+/m1/s1. The van der Waals surface area contributed by atoms with E-state index in [0.717, 1.165) is 12.8 Å². The molecular formula is C9H16N2O4. The number of aliphatic hydroxyl groups excluding tert-OH is 1. The number of likely N-dealkylation sites (tertiary alicyclic amines) is 1. The van der Waals surface area contributed by atoms with Gasteiger partial charge in [0.2, 0.25) is 5.91 Å². The largest absolute Gasteiger partial charge is 0.465 e. The molecule has 6 heteroatoms. The molecular weight excluding hydrogens is 200 g/mol. The molecule has 0 aliphatic carbocycles. The van der Waals surface area contributed by atoms with Crippen molar-refractivity contribution in [2.45, 2.75) is 31.9 Å². The number of rotatable bonds is 3. The minimum Gasteiger partial charge on any atom is -0.465 e. The normalized spacial score (nSPS) is 19.7. The van der Waals surface area contributed by atoms with E-state index in [9.17, 15) is 14.7 Å². The summed E-state index contributed by atoms with van der Waals surface area (Å²) in [5, 5.41) is 19.9. The Hall–Kier alpha value is -1.30. The van der Waals surface area contributed by atoms with E-state index in [1.165, 1.54) is 6.92 Å². The first-order chi connectivity index (χ1) is 7.02. The van der Waals surface area contributed by atoms with Gasteiger partial charge in [0.1, 0.15) is 6.04 Å². The Kier molecular flexibility index (Phi) is 3.90. The average molecular weight is 216 g/mol. The van der Waals surface area contributed by atoms with Gasteiger partial charge in [0.05, 0.1) is 6.10 Å². The first-order valence-corrected chi connectivity index (χ1v) is 4.98. The molecule has 1 saturated heterocycles. The molecule has 0 bridgehead atoms. The van der Waals surface area contributed by atoms with E-state index in [4.69, 9.17) is 5.11 Å². The smallest absolute Gasteiger partial charge is 0.405 e. The predicted molar refractivity (Wildman–Crippen MR) is 52.4 cm³/mol. The Bertz CT molecular complexity index is 248. The zero-order chi connectivity index (χ0) is 11.4. The highest BCUT2D eigenvalue weighted by Gasteiger charge is 2.30. The molecule has 0 aromatic carbocycles. The number of amides is 2. The molecule has 0 spiro atoms. The van der Waals surface area contributed by atoms with Crippen molar-refractivity contribution in [1.82, 2.24) is 10.2 Å². The molecule has 0 radical (unpaired) electrons. The zero-order valence-corrected chi connectivity index (χ0v) is 8.64. The summed E-state index contributed by atoms with van der Waals surface area (Å²) in [6.07, 6.45) is -0.445. The highest BCUT2D eigenvalue weighted by molar-refractivity contribution is 5.86. The van der Waals surface area contributed by atoms with Crippen LogP contribution in [0.25, 0.3) is 0 Å². The Morgan fingerprint density at radius 3 is 2.27 bits per heavy atom. The summed E-state index contributed by atoms with van der Waals surface area (Å²) in [4.78, 5) is 23.8. The van der Waals surface area contributed by atoms with Gasteiger partial charge in [0.15, 0.2) is 0 Å². The quantitative estimate of drug-likeness (QED) is 0.600. The lowest BCUT2D eigenvalue weighted by atomic mass is 10.1. The Morgan fingerprint density at radius 2 is 1.87 bits per heavy atom. The molecule has 3 N–H and O–H groups in total. The minimum absolute atomic E-state index is 0.343. The van der Waals surface area contributed by atoms with Crippen LogP contribution in [0, 0.1) is 0 Å². The van der Waals surface area contributed by atoms with Gasteiger partial charge in [-0.05, 0) is 19.8 Å². The zero-order valence-electron chi connectivity index (χ0n) is 8.64. The van der Waals surface area contributed by atoms with Gasteiger partial charge in [-0.3, -0.25) is 4.79 Å². The van der Waals surface area contributed by atoms with Crippen LogP contribution in [0.1, 0.15) is 19.8 Å². The minimum atomic E-state index is -1.30. The van der Waals surface area contributed by atoms with E-state index in [1.54, 1.807) is 4.90 Å². The number of hydrogen-bond donors (Lipinski definition) is 3. The third kappa shape index (κ3) is 3.09. The van der Waals surface area contributed by atoms with Gasteiger partial charge < -0.3 is 20.4 Å². The number of carbonyl (C=O) groups is 2. The first kappa shape index (κ1) is 11.8. The summed E-state index contributed by atoms with van der Waals surface area (Å²) >= 11 is 0. The highest BCUT2D eigenvalue weighted by atomic mass is 16.4. The van der Waals surface area contributed by atoms with E-state index >= 15 is 0 Å². The van der Waals surface area contributed by atoms with Crippen molar-refractivity contribution in [3.05, 3.63) is 0 Å². The third-order valence-corrected chi connectivity index (χ3v) is 2.45. The summed E-state index contributed by atoms with van der Waals surface area (Å²) in [6.45, 7) is 2.68. The molecule has 1 fully saturated rings. The molecule has 1 rings (SSSR count). The average Bonchev–Trinajstić information content (AvgIpc) is 2.65. The van der Waals surface area contributed by atoms with Crippen LogP contribution in [-0.2, 0) is 4.79 Å². The molecule has 1 heterocycles. The third-order valence-electron chi connectivity index (χ3n) is 2.45. The molecule has 0 aromatic heterocycles. The van der Waals surface area contributed by atoms with E-state index < -0.39 is 18.2 Å². The van der Waals surface area contributed by atoms with Crippen LogP contribution in [0.4, 0.5) is 4.79 Å². The summed E-state index contributed by atoms with van der Waals surface area (Å²) in [7, 11) is 0. The van der Waals surface area contributed by atoms with Gasteiger partial charge in [0.25, 0.3) is 0 Å². The molecule has 0 aromatic rings. The number of nitrogens with one attached hydrogen (secondary N) is 1. The predicted octanol–water partition coefficient (Wildman–Crippen LogP) is -0.374. The first-order valence-electron chi connectivity index (χ1n) is 4.98. The lowest BCUT2D eigenvalue weighted by Crippen LogP contribution is -2.52. The van der Waals surface area contributed by atoms with Crippen LogP contribution in [-0.4, -0.2) is 52.3 Å². The van der Waals surface area contributed by atoms with Crippen molar-refractivity contribution >= 4 is 12.0 Å².